The summed E-state index contributed by atoms with van der Waals surface area (Å²) in [6, 6.07) is 8.29. The van der Waals surface area contributed by atoms with E-state index in [9.17, 15) is 4.39 Å². The van der Waals surface area contributed by atoms with Crippen LogP contribution in [0.15, 0.2) is 61.3 Å². The van der Waals surface area contributed by atoms with Crippen LogP contribution in [-0.2, 0) is 12.5 Å². The number of allylic oxidation sites excluding steroid dienone is 5. The van der Waals surface area contributed by atoms with Crippen molar-refractivity contribution in [1.29, 1.82) is 0 Å². The Kier molecular flexibility index (Phi) is 6.57. The van der Waals surface area contributed by atoms with Crippen molar-refractivity contribution in [3.8, 4) is 0 Å². The molecule has 0 radical (unpaired) electrons. The minimum Gasteiger partial charge on any atom is -0.317 e. The van der Waals surface area contributed by atoms with Gasteiger partial charge in [-0.25, -0.2) is 4.39 Å². The Balaban J connectivity index is 2.01. The summed E-state index contributed by atoms with van der Waals surface area (Å²) < 4.78 is 15.1. The summed E-state index contributed by atoms with van der Waals surface area (Å²) in [5.41, 5.74) is 4.03. The highest BCUT2D eigenvalue weighted by atomic mass is 19.1. The molecule has 0 aliphatic carbocycles. The number of rotatable bonds is 7. The van der Waals surface area contributed by atoms with E-state index in [4.69, 9.17) is 10.1 Å². The molecule has 1 aliphatic rings. The van der Waals surface area contributed by atoms with Gasteiger partial charge in [-0.2, -0.15) is 5.10 Å². The van der Waals surface area contributed by atoms with E-state index in [1.165, 1.54) is 12.6 Å². The Morgan fingerprint density at radius 3 is 2.82 bits per heavy atom. The Morgan fingerprint density at radius 2 is 2.18 bits per heavy atom. The monoisotopic (exact) mass is 380 g/mol. The number of hydrogen-bond donors (Lipinski definition) is 1. The molecule has 1 aliphatic heterocycles. The molecule has 1 unspecified atom stereocenters. The maximum Gasteiger partial charge on any atom is 0.115 e. The zero-order valence-electron chi connectivity index (χ0n) is 16.7. The third kappa shape index (κ3) is 4.30. The summed E-state index contributed by atoms with van der Waals surface area (Å²) in [4.78, 5) is 4.70. The third-order valence-corrected chi connectivity index (χ3v) is 5.37. The molecule has 0 aromatic carbocycles. The van der Waals surface area contributed by atoms with Gasteiger partial charge in [0.2, 0.25) is 0 Å². The van der Waals surface area contributed by atoms with E-state index >= 15 is 0 Å². The molecule has 1 N–H and O–H groups in total. The SMILES string of the molecule is C=C/C=C(\C/C=C\C(C)F)c1cc(C2(c3ccccn3)CCNCC2)n(C)n1. The lowest BCUT2D eigenvalue weighted by atomic mass is 9.73. The second-order valence-electron chi connectivity index (χ2n) is 7.32. The first-order valence-electron chi connectivity index (χ1n) is 9.86. The predicted octanol–water partition coefficient (Wildman–Crippen LogP) is 4.36. The number of pyridine rings is 1. The minimum absolute atomic E-state index is 0.158. The van der Waals surface area contributed by atoms with Crippen LogP contribution in [0.2, 0.25) is 0 Å². The second-order valence-corrected chi connectivity index (χ2v) is 7.32. The molecule has 148 valence electrons. The van der Waals surface area contributed by atoms with Crippen molar-refractivity contribution in [2.45, 2.75) is 37.8 Å². The van der Waals surface area contributed by atoms with Crippen LogP contribution in [0.1, 0.15) is 43.3 Å². The van der Waals surface area contributed by atoms with Crippen LogP contribution < -0.4 is 5.32 Å². The van der Waals surface area contributed by atoms with E-state index in [0.717, 1.165) is 42.9 Å². The van der Waals surface area contributed by atoms with Gasteiger partial charge in [0.05, 0.1) is 22.5 Å². The lowest BCUT2D eigenvalue weighted by molar-refractivity contribution is 0.336. The maximum atomic E-state index is 13.1. The molecule has 4 nitrogen and oxygen atoms in total. The molecule has 1 saturated heterocycles. The van der Waals surface area contributed by atoms with Gasteiger partial charge < -0.3 is 5.32 Å². The standard InChI is InChI=1S/C23H29FN4/c1-4-8-19(10-7-9-18(2)24)20-17-22(28(3)27-20)23(12-15-25-16-13-23)21-11-5-6-14-26-21/h4-9,11,14,17-18,25H,1,10,12-13,15-16H2,2-3H3/b9-7-,19-8+. The normalized spacial score (nSPS) is 18.3. The van der Waals surface area contributed by atoms with Crippen molar-refractivity contribution >= 4 is 5.57 Å². The number of piperidine rings is 1. The van der Waals surface area contributed by atoms with Crippen LogP contribution in [0, 0.1) is 0 Å². The van der Waals surface area contributed by atoms with Crippen LogP contribution in [0.3, 0.4) is 0 Å². The summed E-state index contributed by atoms with van der Waals surface area (Å²) >= 11 is 0. The lowest BCUT2D eigenvalue weighted by Gasteiger charge is -2.37. The number of aryl methyl sites for hydroxylation is 1. The Hall–Kier alpha value is -2.53. The number of halogens is 1. The van der Waals surface area contributed by atoms with Crippen LogP contribution in [0.4, 0.5) is 4.39 Å². The Morgan fingerprint density at radius 1 is 1.39 bits per heavy atom. The van der Waals surface area contributed by atoms with Gasteiger partial charge in [0.15, 0.2) is 0 Å². The Labute approximate surface area is 166 Å². The predicted molar refractivity (Wildman–Crippen MR) is 113 cm³/mol. The molecule has 0 bridgehead atoms. The summed E-state index contributed by atoms with van der Waals surface area (Å²) in [5, 5.41) is 8.26. The van der Waals surface area contributed by atoms with E-state index in [1.54, 1.807) is 12.2 Å². The number of alkyl halides is 1. The fourth-order valence-electron chi connectivity index (χ4n) is 4.00. The van der Waals surface area contributed by atoms with Gasteiger partial charge in [-0.1, -0.05) is 36.9 Å². The van der Waals surface area contributed by atoms with Crippen molar-refractivity contribution < 1.29 is 4.39 Å². The molecule has 2 aromatic heterocycles. The quantitative estimate of drug-likeness (QED) is 0.573. The van der Waals surface area contributed by atoms with Crippen molar-refractivity contribution in [2.24, 2.45) is 7.05 Å². The van der Waals surface area contributed by atoms with Crippen LogP contribution in [0.25, 0.3) is 5.57 Å². The number of aromatic nitrogens is 3. The summed E-state index contributed by atoms with van der Waals surface area (Å²) in [7, 11) is 2.00. The smallest absolute Gasteiger partial charge is 0.115 e. The van der Waals surface area contributed by atoms with E-state index in [2.05, 4.69) is 30.1 Å². The average molecular weight is 381 g/mol. The fourth-order valence-corrected chi connectivity index (χ4v) is 4.00. The third-order valence-electron chi connectivity index (χ3n) is 5.37. The van der Waals surface area contributed by atoms with Crippen molar-refractivity contribution in [3.63, 3.8) is 0 Å². The summed E-state index contributed by atoms with van der Waals surface area (Å²) in [6.45, 7) is 7.25. The first-order valence-corrected chi connectivity index (χ1v) is 9.86. The van der Waals surface area contributed by atoms with Gasteiger partial charge in [-0.3, -0.25) is 9.67 Å². The molecule has 0 amide bonds. The molecule has 2 aromatic rings. The van der Waals surface area contributed by atoms with Gasteiger partial charge in [0, 0.05) is 13.2 Å². The van der Waals surface area contributed by atoms with Crippen LogP contribution in [0.5, 0.6) is 0 Å². The molecule has 1 atom stereocenters. The first kappa shape index (κ1) is 20.2. The van der Waals surface area contributed by atoms with Gasteiger partial charge >= 0.3 is 0 Å². The highest BCUT2D eigenvalue weighted by molar-refractivity contribution is 5.66. The number of nitrogens with zero attached hydrogens (tertiary/aromatic N) is 3. The zero-order valence-corrected chi connectivity index (χ0v) is 16.7. The largest absolute Gasteiger partial charge is 0.317 e. The highest BCUT2D eigenvalue weighted by Crippen LogP contribution is 2.40. The minimum atomic E-state index is -0.952. The molecule has 5 heteroatoms. The van der Waals surface area contributed by atoms with Gasteiger partial charge in [-0.05, 0) is 63.0 Å². The van der Waals surface area contributed by atoms with E-state index < -0.39 is 6.17 Å². The number of hydrogen-bond acceptors (Lipinski definition) is 3. The molecule has 1 fully saturated rings. The molecule has 3 rings (SSSR count). The van der Waals surface area contributed by atoms with Gasteiger partial charge in [0.25, 0.3) is 0 Å². The zero-order chi connectivity index (χ0) is 20.0. The second kappa shape index (κ2) is 9.11. The van der Waals surface area contributed by atoms with Crippen molar-refractivity contribution in [2.75, 3.05) is 13.1 Å². The lowest BCUT2D eigenvalue weighted by Crippen LogP contribution is -2.42. The average Bonchev–Trinajstić information content (AvgIpc) is 3.10. The molecule has 3 heterocycles. The van der Waals surface area contributed by atoms with E-state index in [-0.39, 0.29) is 5.41 Å². The topological polar surface area (TPSA) is 42.7 Å². The van der Waals surface area contributed by atoms with Gasteiger partial charge in [0.1, 0.15) is 6.17 Å². The molecular weight excluding hydrogens is 351 g/mol. The molecular formula is C23H29FN4. The fraction of sp³-hybridized carbons (Fsp3) is 0.391. The molecule has 28 heavy (non-hydrogen) atoms. The maximum absolute atomic E-state index is 13.1. The van der Waals surface area contributed by atoms with Crippen LogP contribution >= 0.6 is 0 Å². The molecule has 0 spiro atoms. The first-order chi connectivity index (χ1) is 13.6. The highest BCUT2D eigenvalue weighted by Gasteiger charge is 2.39. The summed E-state index contributed by atoms with van der Waals surface area (Å²) in [5.74, 6) is 0. The van der Waals surface area contributed by atoms with Crippen molar-refractivity contribution in [1.82, 2.24) is 20.1 Å². The van der Waals surface area contributed by atoms with Crippen molar-refractivity contribution in [3.05, 3.63) is 78.4 Å². The summed E-state index contributed by atoms with van der Waals surface area (Å²) in [6.07, 6.45) is 10.6. The Bertz CT molecular complexity index is 843. The number of nitrogens with one attached hydrogen (secondary N) is 1. The van der Waals surface area contributed by atoms with Gasteiger partial charge in [-0.15, -0.1) is 0 Å². The molecule has 0 saturated carbocycles. The van der Waals surface area contributed by atoms with E-state index in [0.29, 0.717) is 6.42 Å². The van der Waals surface area contributed by atoms with E-state index in [1.807, 2.05) is 36.1 Å². The van der Waals surface area contributed by atoms with Crippen LogP contribution in [-0.4, -0.2) is 34.0 Å².